The zero-order chi connectivity index (χ0) is 46.4. The van der Waals surface area contributed by atoms with Crippen molar-refractivity contribution in [2.45, 2.75) is 52.0 Å². The third kappa shape index (κ3) is 9.32. The van der Waals surface area contributed by atoms with E-state index in [2.05, 4.69) is 141 Å². The second-order valence-electron chi connectivity index (χ2n) is 17.7. The summed E-state index contributed by atoms with van der Waals surface area (Å²) in [6.45, 7) is 3.25. The lowest BCUT2D eigenvalue weighted by molar-refractivity contribution is 0.571. The summed E-state index contributed by atoms with van der Waals surface area (Å²) in [6, 6.07) is 64.0. The van der Waals surface area contributed by atoms with E-state index in [-0.39, 0.29) is 0 Å². The van der Waals surface area contributed by atoms with Gasteiger partial charge in [0, 0.05) is 53.1 Å². The quantitative estimate of drug-likeness (QED) is 0.0954. The van der Waals surface area contributed by atoms with Gasteiger partial charge < -0.3 is 4.57 Å². The van der Waals surface area contributed by atoms with Crippen LogP contribution in [0.4, 0.5) is 0 Å². The number of aryl methyl sites for hydroxylation is 1. The largest absolute Gasteiger partial charge is 0.340 e. The van der Waals surface area contributed by atoms with Crippen molar-refractivity contribution in [1.29, 1.82) is 0 Å². The Morgan fingerprint density at radius 2 is 0.638 bits per heavy atom. The molecular weight excluding hydrogens is 843 g/mol. The van der Waals surface area contributed by atoms with Crippen molar-refractivity contribution < 1.29 is 0 Å². The van der Waals surface area contributed by atoms with Crippen LogP contribution in [0.5, 0.6) is 0 Å². The van der Waals surface area contributed by atoms with Gasteiger partial charge in [0.15, 0.2) is 0 Å². The lowest BCUT2D eigenvalue weighted by atomic mass is 9.97. The Morgan fingerprint density at radius 3 is 0.986 bits per heavy atom. The van der Waals surface area contributed by atoms with Crippen LogP contribution in [-0.4, -0.2) is 34.5 Å². The predicted molar refractivity (Wildman–Crippen MR) is 283 cm³/mol. The molecule has 0 spiro atoms. The number of rotatable bonds is 15. The Hall–Kier alpha value is -8.42. The standard InChI is InChI=1S/C62H51N7/c1-2-3-4-5-6-15-36-69-61-41-47(43-20-24-45(25-21-43)49-37-57(53-16-7-11-32-63-53)67-58(38-49)54-17-8-12-33-64-54)28-30-51(61)52-31-29-48(42-62(52)69)44-22-26-46(27-23-44)50-39-59(55-18-9-13-34-65-55)68-60(40-50)56-19-10-14-35-66-56/h7-14,16-35,37-42H,2-6,15,36H2,1H3. The molecule has 0 bridgehead atoms. The van der Waals surface area contributed by atoms with Gasteiger partial charge in [-0.25, -0.2) is 9.97 Å². The predicted octanol–water partition coefficient (Wildman–Crippen LogP) is 15.9. The minimum atomic E-state index is 0.817. The number of nitrogens with zero attached hydrogens (tertiary/aromatic N) is 7. The highest BCUT2D eigenvalue weighted by Crippen LogP contribution is 2.38. The molecule has 0 amide bonds. The Labute approximate surface area is 403 Å². The Morgan fingerprint density at radius 1 is 0.304 bits per heavy atom. The first-order chi connectivity index (χ1) is 34.1. The molecule has 7 heteroatoms. The van der Waals surface area contributed by atoms with E-state index in [1.807, 2.05) is 97.6 Å². The van der Waals surface area contributed by atoms with Crippen molar-refractivity contribution in [3.05, 3.63) is 207 Å². The summed E-state index contributed by atoms with van der Waals surface area (Å²) in [5.74, 6) is 0. The molecule has 0 N–H and O–H groups in total. The summed E-state index contributed by atoms with van der Waals surface area (Å²) in [7, 11) is 0. The van der Waals surface area contributed by atoms with E-state index < -0.39 is 0 Å². The van der Waals surface area contributed by atoms with E-state index in [9.17, 15) is 0 Å². The topological polar surface area (TPSA) is 82.3 Å². The Kier molecular flexibility index (Phi) is 12.4. The van der Waals surface area contributed by atoms with Crippen LogP contribution in [0.15, 0.2) is 207 Å². The van der Waals surface area contributed by atoms with Gasteiger partial charge in [-0.3, -0.25) is 19.9 Å². The van der Waals surface area contributed by atoms with Crippen LogP contribution in [0.25, 0.3) is 112 Å². The maximum absolute atomic E-state index is 4.99. The van der Waals surface area contributed by atoms with Crippen LogP contribution < -0.4 is 0 Å². The van der Waals surface area contributed by atoms with Crippen LogP contribution >= 0.6 is 0 Å². The van der Waals surface area contributed by atoms with Crippen molar-refractivity contribution >= 4 is 21.8 Å². The monoisotopic (exact) mass is 893 g/mol. The summed E-state index contributed by atoms with van der Waals surface area (Å²) in [6.07, 6.45) is 14.7. The molecule has 7 heterocycles. The summed E-state index contributed by atoms with van der Waals surface area (Å²) >= 11 is 0. The molecule has 4 aromatic carbocycles. The van der Waals surface area contributed by atoms with Gasteiger partial charge in [0.25, 0.3) is 0 Å². The van der Waals surface area contributed by atoms with Gasteiger partial charge in [0.05, 0.1) is 45.6 Å². The zero-order valence-corrected chi connectivity index (χ0v) is 38.7. The number of benzene rings is 4. The van der Waals surface area contributed by atoms with Gasteiger partial charge >= 0.3 is 0 Å². The molecule has 0 fully saturated rings. The zero-order valence-electron chi connectivity index (χ0n) is 38.7. The van der Waals surface area contributed by atoms with E-state index in [1.54, 1.807) is 0 Å². The van der Waals surface area contributed by atoms with Gasteiger partial charge in [-0.1, -0.05) is 136 Å². The smallest absolute Gasteiger partial charge is 0.0900 e. The number of pyridine rings is 6. The second-order valence-corrected chi connectivity index (χ2v) is 17.7. The van der Waals surface area contributed by atoms with Gasteiger partial charge in [-0.2, -0.15) is 0 Å². The number of hydrogen-bond donors (Lipinski definition) is 0. The van der Waals surface area contributed by atoms with Crippen molar-refractivity contribution in [1.82, 2.24) is 34.5 Å². The molecule has 0 atom stereocenters. The average Bonchev–Trinajstić information content (AvgIpc) is 3.74. The van der Waals surface area contributed by atoms with Crippen molar-refractivity contribution in [3.63, 3.8) is 0 Å². The summed E-state index contributed by atoms with van der Waals surface area (Å²) in [5, 5.41) is 2.56. The second kappa shape index (κ2) is 19.8. The average molecular weight is 894 g/mol. The molecule has 0 saturated carbocycles. The SMILES string of the molecule is CCCCCCCCn1c2cc(-c3ccc(-c4cc(-c5ccccn5)nc(-c5ccccn5)c4)cc3)ccc2c2ccc(-c3ccc(-c4cc(-c5ccccn5)nc(-c5ccccn5)c4)cc3)cc21. The van der Waals surface area contributed by atoms with E-state index in [4.69, 9.17) is 9.97 Å². The van der Waals surface area contributed by atoms with E-state index in [1.165, 1.54) is 76.2 Å². The fourth-order valence-electron chi connectivity index (χ4n) is 9.43. The Balaban J connectivity index is 0.927. The molecule has 0 saturated heterocycles. The first kappa shape index (κ1) is 43.2. The van der Waals surface area contributed by atoms with Crippen molar-refractivity contribution in [3.8, 4) is 90.1 Å². The van der Waals surface area contributed by atoms with Gasteiger partial charge in [-0.05, 0) is 136 Å². The summed E-state index contributed by atoms with van der Waals surface area (Å²) in [5.41, 5.74) is 18.2. The van der Waals surface area contributed by atoms with E-state index in [0.29, 0.717) is 0 Å². The van der Waals surface area contributed by atoms with Gasteiger partial charge in [-0.15, -0.1) is 0 Å². The van der Waals surface area contributed by atoms with E-state index in [0.717, 1.165) is 80.8 Å². The van der Waals surface area contributed by atoms with Crippen LogP contribution in [0.3, 0.4) is 0 Å². The first-order valence-corrected chi connectivity index (χ1v) is 24.1. The maximum Gasteiger partial charge on any atom is 0.0900 e. The fraction of sp³-hybridized carbons (Fsp3) is 0.129. The lowest BCUT2D eigenvalue weighted by Gasteiger charge is -2.12. The number of unbranched alkanes of at least 4 members (excludes halogenated alkanes) is 5. The molecule has 7 nitrogen and oxygen atoms in total. The first-order valence-electron chi connectivity index (χ1n) is 24.1. The van der Waals surface area contributed by atoms with Gasteiger partial charge in [0.2, 0.25) is 0 Å². The molecule has 69 heavy (non-hydrogen) atoms. The molecule has 11 rings (SSSR count). The van der Waals surface area contributed by atoms with Crippen LogP contribution in [0, 0.1) is 0 Å². The molecule has 0 radical (unpaired) electrons. The lowest BCUT2D eigenvalue weighted by Crippen LogP contribution is -1.98. The minimum absolute atomic E-state index is 0.817. The Bertz CT molecular complexity index is 3160. The number of hydrogen-bond acceptors (Lipinski definition) is 6. The summed E-state index contributed by atoms with van der Waals surface area (Å²) < 4.78 is 2.57. The van der Waals surface area contributed by atoms with E-state index >= 15 is 0 Å². The fourth-order valence-corrected chi connectivity index (χ4v) is 9.43. The molecule has 0 aliphatic heterocycles. The molecule has 334 valence electrons. The minimum Gasteiger partial charge on any atom is -0.340 e. The normalized spacial score (nSPS) is 11.4. The highest BCUT2D eigenvalue weighted by molar-refractivity contribution is 6.10. The molecule has 0 aliphatic carbocycles. The highest BCUT2D eigenvalue weighted by Gasteiger charge is 2.16. The molecule has 11 aromatic rings. The molecule has 0 aliphatic rings. The van der Waals surface area contributed by atoms with Crippen LogP contribution in [0.2, 0.25) is 0 Å². The highest BCUT2D eigenvalue weighted by atomic mass is 15.0. The summed E-state index contributed by atoms with van der Waals surface area (Å²) in [4.78, 5) is 28.5. The van der Waals surface area contributed by atoms with Crippen molar-refractivity contribution in [2.75, 3.05) is 0 Å². The third-order valence-electron chi connectivity index (χ3n) is 13.1. The maximum atomic E-state index is 4.99. The van der Waals surface area contributed by atoms with Crippen LogP contribution in [-0.2, 0) is 6.54 Å². The van der Waals surface area contributed by atoms with Gasteiger partial charge in [0.1, 0.15) is 0 Å². The number of aromatic nitrogens is 7. The molecule has 0 unspecified atom stereocenters. The molecule has 7 aromatic heterocycles. The van der Waals surface area contributed by atoms with Crippen molar-refractivity contribution in [2.24, 2.45) is 0 Å². The number of fused-ring (bicyclic) bond motifs is 3. The third-order valence-corrected chi connectivity index (χ3v) is 13.1. The molecular formula is C62H51N7. The van der Waals surface area contributed by atoms with Crippen LogP contribution in [0.1, 0.15) is 45.4 Å².